The van der Waals surface area contributed by atoms with Crippen LogP contribution in [0.25, 0.3) is 0 Å². The molecule has 0 saturated heterocycles. The molecule has 1 heterocycles. The standard InChI is InChI=1S/C21H20N2O6S/c1-13-17(19-22-20(24)29-23-19)11-15-9-5-6-10-16(15)18(13)30(26,27)21(25)28-12-14-7-3-2-4-8-14/h2-10,13,17-18H,11-12H2,1H3,(H,22,23,24)/t13-,17-,18?/m1/s1. The minimum Gasteiger partial charge on any atom is -0.449 e. The van der Waals surface area contributed by atoms with Gasteiger partial charge in [-0.1, -0.05) is 66.7 Å². The van der Waals surface area contributed by atoms with Crippen molar-refractivity contribution in [2.24, 2.45) is 5.92 Å². The minimum absolute atomic E-state index is 0.137. The number of nitrogens with one attached hydrogen (secondary N) is 1. The van der Waals surface area contributed by atoms with Crippen LogP contribution in [0.1, 0.15) is 40.6 Å². The molecule has 3 aromatic rings. The van der Waals surface area contributed by atoms with Crippen molar-refractivity contribution < 1.29 is 22.5 Å². The molecule has 8 nitrogen and oxygen atoms in total. The lowest BCUT2D eigenvalue weighted by Crippen LogP contribution is -2.35. The van der Waals surface area contributed by atoms with E-state index in [0.29, 0.717) is 17.5 Å². The van der Waals surface area contributed by atoms with Gasteiger partial charge in [0.2, 0.25) is 0 Å². The van der Waals surface area contributed by atoms with Crippen LogP contribution >= 0.6 is 0 Å². The fourth-order valence-corrected chi connectivity index (χ4v) is 5.76. The van der Waals surface area contributed by atoms with E-state index in [1.165, 1.54) is 0 Å². The lowest BCUT2D eigenvalue weighted by molar-refractivity contribution is 0.165. The van der Waals surface area contributed by atoms with Gasteiger partial charge in [0.15, 0.2) is 5.82 Å². The van der Waals surface area contributed by atoms with Gasteiger partial charge in [0.25, 0.3) is 9.84 Å². The summed E-state index contributed by atoms with van der Waals surface area (Å²) in [5.74, 6) is -1.43. The summed E-state index contributed by atoms with van der Waals surface area (Å²) in [6.45, 7) is 1.59. The third kappa shape index (κ3) is 3.68. The zero-order valence-electron chi connectivity index (χ0n) is 16.1. The maximum Gasteiger partial charge on any atom is 0.438 e. The second-order valence-corrected chi connectivity index (χ2v) is 9.27. The summed E-state index contributed by atoms with van der Waals surface area (Å²) >= 11 is 0. The molecule has 1 N–H and O–H groups in total. The van der Waals surface area contributed by atoms with Gasteiger partial charge >= 0.3 is 11.1 Å². The molecule has 156 valence electrons. The van der Waals surface area contributed by atoms with Gasteiger partial charge in [0.05, 0.1) is 0 Å². The highest BCUT2D eigenvalue weighted by atomic mass is 32.2. The minimum atomic E-state index is -4.34. The SMILES string of the molecule is C[C@H]1C(S(=O)(=O)C(=O)OCc2ccccc2)c2ccccc2C[C@H]1c1noc(=O)[nH]1. The number of carbonyl (C=O) groups is 1. The van der Waals surface area contributed by atoms with Crippen LogP contribution in [0.3, 0.4) is 0 Å². The molecule has 0 fully saturated rings. The summed E-state index contributed by atoms with van der Waals surface area (Å²) in [7, 11) is -4.34. The number of nitrogens with zero attached hydrogens (tertiary/aromatic N) is 1. The molecule has 0 amide bonds. The topological polar surface area (TPSA) is 119 Å². The van der Waals surface area contributed by atoms with E-state index in [4.69, 9.17) is 4.74 Å². The predicted molar refractivity (Wildman–Crippen MR) is 107 cm³/mol. The van der Waals surface area contributed by atoms with Crippen LogP contribution in [-0.4, -0.2) is 23.9 Å². The van der Waals surface area contributed by atoms with Crippen molar-refractivity contribution in [2.75, 3.05) is 0 Å². The van der Waals surface area contributed by atoms with Gasteiger partial charge in [-0.2, -0.15) is 0 Å². The summed E-state index contributed by atoms with van der Waals surface area (Å²) in [5, 5.41) is 1.35. The number of H-pyrrole nitrogens is 1. The first-order chi connectivity index (χ1) is 14.4. The number of hydrogen-bond acceptors (Lipinski definition) is 7. The Hall–Kier alpha value is -3.20. The first-order valence-electron chi connectivity index (χ1n) is 9.46. The van der Waals surface area contributed by atoms with Crippen LogP contribution < -0.4 is 5.76 Å². The number of carbonyl (C=O) groups excluding carboxylic acids is 1. The van der Waals surface area contributed by atoms with Gasteiger partial charge in [-0.3, -0.25) is 9.51 Å². The van der Waals surface area contributed by atoms with E-state index >= 15 is 0 Å². The van der Waals surface area contributed by atoms with Crippen LogP contribution in [0.15, 0.2) is 63.9 Å². The van der Waals surface area contributed by atoms with E-state index in [1.54, 1.807) is 49.4 Å². The van der Waals surface area contributed by atoms with E-state index in [-0.39, 0.29) is 12.4 Å². The second-order valence-electron chi connectivity index (χ2n) is 7.34. The molecule has 0 radical (unpaired) electrons. The third-order valence-electron chi connectivity index (χ3n) is 5.49. The monoisotopic (exact) mass is 428 g/mol. The van der Waals surface area contributed by atoms with Gasteiger partial charge in [-0.15, -0.1) is 0 Å². The number of benzene rings is 2. The van der Waals surface area contributed by atoms with E-state index in [2.05, 4.69) is 14.7 Å². The van der Waals surface area contributed by atoms with Crippen molar-refractivity contribution in [3.05, 3.63) is 87.7 Å². The smallest absolute Gasteiger partial charge is 0.438 e. The molecule has 1 unspecified atom stereocenters. The zero-order chi connectivity index (χ0) is 21.3. The van der Waals surface area contributed by atoms with Gasteiger partial charge in [0.1, 0.15) is 11.9 Å². The molecule has 2 aromatic carbocycles. The van der Waals surface area contributed by atoms with Crippen molar-refractivity contribution in [3.8, 4) is 0 Å². The van der Waals surface area contributed by atoms with Crippen LogP contribution in [0.4, 0.5) is 4.79 Å². The summed E-state index contributed by atoms with van der Waals surface area (Å²) in [4.78, 5) is 26.6. The third-order valence-corrected chi connectivity index (χ3v) is 7.42. The van der Waals surface area contributed by atoms with E-state index < -0.39 is 38.0 Å². The van der Waals surface area contributed by atoms with Crippen molar-refractivity contribution in [3.63, 3.8) is 0 Å². The Morgan fingerprint density at radius 2 is 1.87 bits per heavy atom. The molecular formula is C21H20N2O6S. The highest BCUT2D eigenvalue weighted by Crippen LogP contribution is 2.46. The van der Waals surface area contributed by atoms with Crippen LogP contribution in [0.2, 0.25) is 0 Å². The molecule has 3 atom stereocenters. The molecule has 1 aliphatic rings. The molecule has 30 heavy (non-hydrogen) atoms. The second kappa shape index (κ2) is 7.91. The largest absolute Gasteiger partial charge is 0.449 e. The van der Waals surface area contributed by atoms with Crippen LogP contribution in [-0.2, 0) is 27.6 Å². The number of aromatic amines is 1. The summed E-state index contributed by atoms with van der Waals surface area (Å²) in [6, 6.07) is 15.9. The van der Waals surface area contributed by atoms with Crippen molar-refractivity contribution >= 4 is 15.1 Å². The summed E-state index contributed by atoms with van der Waals surface area (Å²) in [5.41, 5.74) is 2.02. The lowest BCUT2D eigenvalue weighted by Gasteiger charge is -2.35. The fraction of sp³-hybridized carbons (Fsp3) is 0.286. The van der Waals surface area contributed by atoms with Gasteiger partial charge < -0.3 is 4.74 Å². The summed E-state index contributed by atoms with van der Waals surface area (Å²) in [6.07, 6.45) is 0.463. The average Bonchev–Trinajstić information content (AvgIpc) is 3.18. The predicted octanol–water partition coefficient (Wildman–Crippen LogP) is 3.13. The Kier molecular flexibility index (Phi) is 5.29. The molecule has 1 aliphatic carbocycles. The van der Waals surface area contributed by atoms with Gasteiger partial charge in [0, 0.05) is 5.92 Å². The number of aromatic nitrogens is 2. The normalized spacial score (nSPS) is 21.0. The molecule has 4 rings (SSSR count). The highest BCUT2D eigenvalue weighted by molar-refractivity contribution is 8.05. The number of ether oxygens (including phenoxy) is 1. The molecule has 1 aromatic heterocycles. The van der Waals surface area contributed by atoms with E-state index in [1.807, 2.05) is 12.1 Å². The Bertz CT molecular complexity index is 1220. The number of rotatable bonds is 4. The highest BCUT2D eigenvalue weighted by Gasteiger charge is 2.47. The molecule has 0 aliphatic heterocycles. The molecular weight excluding hydrogens is 408 g/mol. The van der Waals surface area contributed by atoms with E-state index in [0.717, 1.165) is 5.56 Å². The number of sulfone groups is 1. The Morgan fingerprint density at radius 3 is 2.57 bits per heavy atom. The quantitative estimate of drug-likeness (QED) is 0.634. The number of fused-ring (bicyclic) bond motifs is 1. The first-order valence-corrected chi connectivity index (χ1v) is 11.0. The Balaban J connectivity index is 1.67. The first kappa shape index (κ1) is 20.1. The van der Waals surface area contributed by atoms with Crippen molar-refractivity contribution in [2.45, 2.75) is 31.1 Å². The van der Waals surface area contributed by atoms with Gasteiger partial charge in [-0.25, -0.2) is 18.0 Å². The average molecular weight is 428 g/mol. The molecule has 0 spiro atoms. The maximum atomic E-state index is 13.3. The van der Waals surface area contributed by atoms with Crippen LogP contribution in [0.5, 0.6) is 0 Å². The Labute approximate surface area is 172 Å². The van der Waals surface area contributed by atoms with Gasteiger partial charge in [-0.05, 0) is 29.0 Å². The van der Waals surface area contributed by atoms with Crippen molar-refractivity contribution in [1.82, 2.24) is 10.1 Å². The lowest BCUT2D eigenvalue weighted by atomic mass is 9.76. The Morgan fingerprint density at radius 1 is 1.17 bits per heavy atom. The van der Waals surface area contributed by atoms with Crippen LogP contribution in [0, 0.1) is 5.92 Å². The number of hydrogen-bond donors (Lipinski definition) is 1. The summed E-state index contributed by atoms with van der Waals surface area (Å²) < 4.78 is 36.3. The van der Waals surface area contributed by atoms with Crippen molar-refractivity contribution in [1.29, 1.82) is 0 Å². The fourth-order valence-electron chi connectivity index (χ4n) is 4.01. The zero-order valence-corrected chi connectivity index (χ0v) is 17.0. The molecule has 0 saturated carbocycles. The van der Waals surface area contributed by atoms with E-state index in [9.17, 15) is 18.0 Å². The molecule has 9 heteroatoms. The maximum absolute atomic E-state index is 13.3. The molecule has 0 bridgehead atoms.